The van der Waals surface area contributed by atoms with Crippen LogP contribution in [-0.2, 0) is 6.54 Å². The molecule has 0 saturated carbocycles. The molecule has 0 radical (unpaired) electrons. The van der Waals surface area contributed by atoms with Crippen LogP contribution in [-0.4, -0.2) is 27.6 Å². The Kier molecular flexibility index (Phi) is 5.19. The van der Waals surface area contributed by atoms with Gasteiger partial charge in [0.1, 0.15) is 0 Å². The van der Waals surface area contributed by atoms with Crippen LogP contribution < -0.4 is 5.32 Å². The molecule has 1 heterocycles. The van der Waals surface area contributed by atoms with Crippen molar-refractivity contribution in [1.29, 1.82) is 0 Å². The molecule has 86 valence electrons. The highest BCUT2D eigenvalue weighted by Gasteiger charge is 2.05. The van der Waals surface area contributed by atoms with Crippen LogP contribution in [0.15, 0.2) is 12.5 Å². The van der Waals surface area contributed by atoms with Crippen LogP contribution in [0.5, 0.6) is 0 Å². The van der Waals surface area contributed by atoms with E-state index in [9.17, 15) is 0 Å². The summed E-state index contributed by atoms with van der Waals surface area (Å²) in [6, 6.07) is 0.488. The molecule has 0 spiro atoms. The molecule has 15 heavy (non-hydrogen) atoms. The van der Waals surface area contributed by atoms with E-state index < -0.39 is 0 Å². The number of thioether (sulfide) groups is 1. The van der Waals surface area contributed by atoms with E-state index in [4.69, 9.17) is 0 Å². The normalized spacial score (nSPS) is 13.4. The molecular weight excluding hydrogens is 206 g/mol. The molecule has 1 rings (SSSR count). The summed E-state index contributed by atoms with van der Waals surface area (Å²) in [5.41, 5.74) is 1.26. The van der Waals surface area contributed by atoms with Gasteiger partial charge in [-0.25, -0.2) is 4.98 Å². The highest BCUT2D eigenvalue weighted by atomic mass is 32.2. The summed E-state index contributed by atoms with van der Waals surface area (Å²) in [7, 11) is 0. The van der Waals surface area contributed by atoms with E-state index in [1.165, 1.54) is 5.69 Å². The molecule has 0 amide bonds. The average molecular weight is 227 g/mol. The molecule has 1 aromatic rings. The number of hydrogen-bond donors (Lipinski definition) is 1. The van der Waals surface area contributed by atoms with E-state index in [1.807, 2.05) is 24.3 Å². The fourth-order valence-electron chi connectivity index (χ4n) is 1.42. The summed E-state index contributed by atoms with van der Waals surface area (Å²) in [4.78, 5) is 4.18. The molecule has 1 aromatic heterocycles. The number of imidazole rings is 1. The van der Waals surface area contributed by atoms with E-state index >= 15 is 0 Å². The maximum absolute atomic E-state index is 4.18. The van der Waals surface area contributed by atoms with Crippen molar-refractivity contribution in [3.05, 3.63) is 18.2 Å². The quantitative estimate of drug-likeness (QED) is 0.809. The van der Waals surface area contributed by atoms with Gasteiger partial charge in [-0.05, 0) is 20.1 Å². The summed E-state index contributed by atoms with van der Waals surface area (Å²) in [5.74, 6) is 0. The van der Waals surface area contributed by atoms with Gasteiger partial charge >= 0.3 is 0 Å². The van der Waals surface area contributed by atoms with Gasteiger partial charge in [-0.2, -0.15) is 11.8 Å². The first-order chi connectivity index (χ1) is 7.15. The van der Waals surface area contributed by atoms with Crippen LogP contribution in [0.2, 0.25) is 0 Å². The summed E-state index contributed by atoms with van der Waals surface area (Å²) < 4.78 is 2.21. The molecule has 0 aliphatic carbocycles. The topological polar surface area (TPSA) is 29.9 Å². The van der Waals surface area contributed by atoms with E-state index in [-0.39, 0.29) is 0 Å². The van der Waals surface area contributed by atoms with Crippen molar-refractivity contribution in [2.75, 3.05) is 12.8 Å². The molecule has 0 bridgehead atoms. The first-order valence-corrected chi connectivity index (χ1v) is 6.68. The van der Waals surface area contributed by atoms with Gasteiger partial charge < -0.3 is 9.88 Å². The van der Waals surface area contributed by atoms with E-state index in [2.05, 4.69) is 41.9 Å². The van der Waals surface area contributed by atoms with Crippen molar-refractivity contribution >= 4 is 11.8 Å². The van der Waals surface area contributed by atoms with Crippen molar-refractivity contribution in [2.24, 2.45) is 0 Å². The zero-order valence-electron chi connectivity index (χ0n) is 10.0. The van der Waals surface area contributed by atoms with Gasteiger partial charge in [-0.15, -0.1) is 0 Å². The number of aromatic nitrogens is 2. The van der Waals surface area contributed by atoms with Crippen molar-refractivity contribution < 1.29 is 0 Å². The fourth-order valence-corrected chi connectivity index (χ4v) is 1.71. The van der Waals surface area contributed by atoms with Gasteiger partial charge in [0.15, 0.2) is 0 Å². The zero-order chi connectivity index (χ0) is 11.3. The maximum atomic E-state index is 4.18. The minimum atomic E-state index is 0.488. The Morgan fingerprint density at radius 1 is 1.47 bits per heavy atom. The average Bonchev–Trinajstić information content (AvgIpc) is 2.65. The van der Waals surface area contributed by atoms with Crippen LogP contribution in [0, 0.1) is 0 Å². The second kappa shape index (κ2) is 6.18. The van der Waals surface area contributed by atoms with Crippen LogP contribution in [0.25, 0.3) is 0 Å². The molecule has 0 aromatic carbocycles. The first-order valence-electron chi connectivity index (χ1n) is 5.39. The number of hydrogen-bond acceptors (Lipinski definition) is 3. The third-order valence-corrected chi connectivity index (χ3v) is 3.41. The SMILES string of the molecule is CSC(C)CNCc1cncn1C(C)C. The maximum Gasteiger partial charge on any atom is 0.0951 e. The lowest BCUT2D eigenvalue weighted by molar-refractivity contribution is 0.551. The highest BCUT2D eigenvalue weighted by molar-refractivity contribution is 7.99. The van der Waals surface area contributed by atoms with Gasteiger partial charge in [0.05, 0.1) is 12.0 Å². The van der Waals surface area contributed by atoms with Crippen molar-refractivity contribution in [3.63, 3.8) is 0 Å². The third-order valence-electron chi connectivity index (χ3n) is 2.44. The van der Waals surface area contributed by atoms with Crippen LogP contribution in [0.3, 0.4) is 0 Å². The minimum Gasteiger partial charge on any atom is -0.331 e. The molecule has 0 saturated heterocycles. The Morgan fingerprint density at radius 2 is 2.20 bits per heavy atom. The Balaban J connectivity index is 2.40. The van der Waals surface area contributed by atoms with Gasteiger partial charge in [0.25, 0.3) is 0 Å². The number of rotatable bonds is 6. The van der Waals surface area contributed by atoms with E-state index in [1.54, 1.807) is 0 Å². The molecule has 0 aliphatic heterocycles. The summed E-state index contributed by atoms with van der Waals surface area (Å²) in [6.45, 7) is 8.54. The molecule has 0 fully saturated rings. The lowest BCUT2D eigenvalue weighted by atomic mass is 10.3. The minimum absolute atomic E-state index is 0.488. The molecule has 4 heteroatoms. The lowest BCUT2D eigenvalue weighted by Gasteiger charge is -2.13. The Bertz CT molecular complexity index is 283. The van der Waals surface area contributed by atoms with E-state index in [0.29, 0.717) is 11.3 Å². The number of nitrogens with zero attached hydrogens (tertiary/aromatic N) is 2. The first kappa shape index (κ1) is 12.6. The van der Waals surface area contributed by atoms with Crippen molar-refractivity contribution in [3.8, 4) is 0 Å². The highest BCUT2D eigenvalue weighted by Crippen LogP contribution is 2.09. The van der Waals surface area contributed by atoms with Gasteiger partial charge in [-0.1, -0.05) is 6.92 Å². The molecule has 3 nitrogen and oxygen atoms in total. The largest absolute Gasteiger partial charge is 0.331 e. The molecule has 1 atom stereocenters. The third kappa shape index (κ3) is 3.87. The number of nitrogens with one attached hydrogen (secondary N) is 1. The summed E-state index contributed by atoms with van der Waals surface area (Å²) >= 11 is 1.89. The monoisotopic (exact) mass is 227 g/mol. The lowest BCUT2D eigenvalue weighted by Crippen LogP contribution is -2.23. The molecule has 1 unspecified atom stereocenters. The van der Waals surface area contributed by atoms with Gasteiger partial charge in [0, 0.05) is 30.6 Å². The Labute approximate surface area is 96.7 Å². The van der Waals surface area contributed by atoms with Crippen LogP contribution in [0.4, 0.5) is 0 Å². The molecule has 1 N–H and O–H groups in total. The predicted molar refractivity (Wildman–Crippen MR) is 67.3 cm³/mol. The predicted octanol–water partition coefficient (Wildman–Crippen LogP) is 2.31. The second-order valence-electron chi connectivity index (χ2n) is 4.06. The smallest absolute Gasteiger partial charge is 0.0951 e. The molecular formula is C11H21N3S. The summed E-state index contributed by atoms with van der Waals surface area (Å²) in [6.07, 6.45) is 5.99. The van der Waals surface area contributed by atoms with Crippen molar-refractivity contribution in [1.82, 2.24) is 14.9 Å². The Morgan fingerprint density at radius 3 is 2.80 bits per heavy atom. The van der Waals surface area contributed by atoms with Crippen molar-refractivity contribution in [2.45, 2.75) is 38.6 Å². The van der Waals surface area contributed by atoms with E-state index in [0.717, 1.165) is 13.1 Å². The zero-order valence-corrected chi connectivity index (χ0v) is 10.8. The van der Waals surface area contributed by atoms with Crippen LogP contribution in [0.1, 0.15) is 32.5 Å². The van der Waals surface area contributed by atoms with Gasteiger partial charge in [0.2, 0.25) is 0 Å². The Hall–Kier alpha value is -0.480. The van der Waals surface area contributed by atoms with Crippen LogP contribution >= 0.6 is 11.8 Å². The second-order valence-corrected chi connectivity index (χ2v) is 5.34. The molecule has 0 aliphatic rings. The van der Waals surface area contributed by atoms with Gasteiger partial charge in [-0.3, -0.25) is 0 Å². The summed E-state index contributed by atoms with van der Waals surface area (Å²) in [5, 5.41) is 4.12. The fraction of sp³-hybridized carbons (Fsp3) is 0.727. The standard InChI is InChI=1S/C11H21N3S/c1-9(2)14-8-13-7-11(14)6-12-5-10(3)15-4/h7-10,12H,5-6H2,1-4H3.